The lowest BCUT2D eigenvalue weighted by Gasteiger charge is -2.39. The fraction of sp³-hybridized carbons (Fsp3) is 0.308. The molecule has 0 radical (unpaired) electrons. The van der Waals surface area contributed by atoms with Crippen molar-refractivity contribution in [2.24, 2.45) is 0 Å². The number of hydrogen-bond acceptors (Lipinski definition) is 5. The van der Waals surface area contributed by atoms with Crippen molar-refractivity contribution in [3.63, 3.8) is 0 Å². The molecule has 0 aliphatic carbocycles. The fourth-order valence-electron chi connectivity index (χ4n) is 10.7. The summed E-state index contributed by atoms with van der Waals surface area (Å²) in [5.41, 5.74) is 10.7. The van der Waals surface area contributed by atoms with Crippen LogP contribution in [-0.4, -0.2) is 22.2 Å². The van der Waals surface area contributed by atoms with Crippen molar-refractivity contribution in [1.82, 2.24) is 9.13 Å². The molecule has 4 heterocycles. The van der Waals surface area contributed by atoms with Gasteiger partial charge in [-0.05, 0) is 136 Å². The number of nitrogens with zero attached hydrogens (tertiary/aromatic N) is 3. The van der Waals surface area contributed by atoms with Crippen LogP contribution in [0.4, 0.5) is 5.69 Å². The third-order valence-electron chi connectivity index (χ3n) is 13.6. The van der Waals surface area contributed by atoms with Crippen LogP contribution in [0.25, 0.3) is 71.0 Å². The summed E-state index contributed by atoms with van der Waals surface area (Å²) >= 11 is 0. The average molecular weight is 780 g/mol. The van der Waals surface area contributed by atoms with Gasteiger partial charge in [-0.2, -0.15) is 0 Å². The van der Waals surface area contributed by atoms with E-state index in [2.05, 4.69) is 74.2 Å². The molecule has 0 atom stereocenters. The highest BCUT2D eigenvalue weighted by atomic mass is 16.2. The van der Waals surface area contributed by atoms with Crippen LogP contribution in [0.1, 0.15) is 80.5 Å². The highest BCUT2D eigenvalue weighted by Crippen LogP contribution is 2.49. The van der Waals surface area contributed by atoms with Crippen LogP contribution in [-0.2, 0) is 19.4 Å². The largest absolute Gasteiger partial charge is 0.371 e. The van der Waals surface area contributed by atoms with Crippen molar-refractivity contribution in [2.45, 2.75) is 91.5 Å². The lowest BCUT2D eigenvalue weighted by Crippen LogP contribution is -2.35. The molecule has 0 saturated heterocycles. The number of unbranched alkanes of at least 4 members (excludes halogenated alkanes) is 5. The SMILES string of the molecule is CCCCCCCCn1c(=O)c2cc3c(=O)n(-c4ccc(-c5c6ccccc6c(-c6c(C)c7c8c(c6C)CCCN8CCC7)c6ccccc56)cc4)c(=O)c3cc2c1=O. The Bertz CT molecular complexity index is 3040. The molecule has 0 fully saturated rings. The summed E-state index contributed by atoms with van der Waals surface area (Å²) in [6.07, 6.45) is 10.8. The summed E-state index contributed by atoms with van der Waals surface area (Å²) < 4.78 is 2.44. The molecule has 6 aromatic carbocycles. The molecule has 8 aromatic rings. The molecule has 0 unspecified atom stereocenters. The predicted molar refractivity (Wildman–Crippen MR) is 244 cm³/mol. The first-order valence-electron chi connectivity index (χ1n) is 21.7. The van der Waals surface area contributed by atoms with Crippen LogP contribution in [0.3, 0.4) is 0 Å². The Morgan fingerprint density at radius 2 is 0.983 bits per heavy atom. The molecular formula is C52H49N3O4. The van der Waals surface area contributed by atoms with E-state index >= 15 is 0 Å². The zero-order chi connectivity index (χ0) is 40.5. The molecule has 296 valence electrons. The van der Waals surface area contributed by atoms with Gasteiger partial charge >= 0.3 is 0 Å². The molecule has 2 aromatic heterocycles. The van der Waals surface area contributed by atoms with Crippen molar-refractivity contribution in [1.29, 1.82) is 0 Å². The Hall–Kier alpha value is -6.08. The van der Waals surface area contributed by atoms with Gasteiger partial charge in [0, 0.05) is 25.3 Å². The van der Waals surface area contributed by atoms with E-state index in [1.807, 2.05) is 24.3 Å². The third-order valence-corrected chi connectivity index (χ3v) is 13.6. The second-order valence-electron chi connectivity index (χ2n) is 16.9. The molecular weight excluding hydrogens is 731 g/mol. The number of fused-ring (bicyclic) bond motifs is 4. The minimum atomic E-state index is -0.492. The van der Waals surface area contributed by atoms with Gasteiger partial charge in [-0.1, -0.05) is 99.7 Å². The minimum absolute atomic E-state index is 0.155. The van der Waals surface area contributed by atoms with Gasteiger partial charge in [0.2, 0.25) is 0 Å². The number of aromatic nitrogens is 2. The maximum atomic E-state index is 14.0. The van der Waals surface area contributed by atoms with Gasteiger partial charge in [0.05, 0.1) is 27.2 Å². The van der Waals surface area contributed by atoms with Crippen LogP contribution in [0.5, 0.6) is 0 Å². The lowest BCUT2D eigenvalue weighted by molar-refractivity contribution is 0.547. The van der Waals surface area contributed by atoms with E-state index < -0.39 is 22.2 Å². The van der Waals surface area contributed by atoms with Crippen molar-refractivity contribution < 1.29 is 0 Å². The maximum absolute atomic E-state index is 14.0. The summed E-state index contributed by atoms with van der Waals surface area (Å²) in [4.78, 5) is 57.3. The van der Waals surface area contributed by atoms with E-state index in [-0.39, 0.29) is 21.5 Å². The third kappa shape index (κ3) is 5.76. The van der Waals surface area contributed by atoms with Gasteiger partial charge in [-0.15, -0.1) is 0 Å². The molecule has 0 spiro atoms. The Balaban J connectivity index is 1.07. The van der Waals surface area contributed by atoms with Crippen LogP contribution >= 0.6 is 0 Å². The van der Waals surface area contributed by atoms with Gasteiger partial charge in [-0.25, -0.2) is 4.57 Å². The van der Waals surface area contributed by atoms with E-state index in [0.717, 1.165) is 79.9 Å². The molecule has 59 heavy (non-hydrogen) atoms. The molecule has 10 rings (SSSR count). The molecule has 2 aliphatic heterocycles. The monoisotopic (exact) mass is 779 g/mol. The first-order chi connectivity index (χ1) is 28.8. The Labute approximate surface area is 342 Å². The van der Waals surface area contributed by atoms with Crippen LogP contribution in [0, 0.1) is 13.8 Å². The highest BCUT2D eigenvalue weighted by Gasteiger charge is 2.30. The molecule has 7 nitrogen and oxygen atoms in total. The van der Waals surface area contributed by atoms with E-state index in [4.69, 9.17) is 0 Å². The first-order valence-corrected chi connectivity index (χ1v) is 21.7. The molecule has 0 saturated carbocycles. The minimum Gasteiger partial charge on any atom is -0.371 e. The van der Waals surface area contributed by atoms with Crippen LogP contribution in [0.15, 0.2) is 104 Å². The second kappa shape index (κ2) is 14.6. The Morgan fingerprint density at radius 1 is 0.508 bits per heavy atom. The molecule has 0 bridgehead atoms. The number of hydrogen-bond donors (Lipinski definition) is 0. The smallest absolute Gasteiger partial charge is 0.266 e. The zero-order valence-corrected chi connectivity index (χ0v) is 34.2. The topological polar surface area (TPSA) is 81.4 Å². The number of anilines is 1. The Morgan fingerprint density at radius 3 is 1.51 bits per heavy atom. The molecule has 0 N–H and O–H groups in total. The quantitative estimate of drug-likeness (QED) is 0.102. The summed E-state index contributed by atoms with van der Waals surface area (Å²) in [5, 5.41) is 5.41. The van der Waals surface area contributed by atoms with Gasteiger partial charge in [0.1, 0.15) is 0 Å². The summed E-state index contributed by atoms with van der Waals surface area (Å²) in [6.45, 7) is 9.47. The van der Waals surface area contributed by atoms with Crippen molar-refractivity contribution in [2.75, 3.05) is 18.0 Å². The van der Waals surface area contributed by atoms with Crippen LogP contribution in [0.2, 0.25) is 0 Å². The second-order valence-corrected chi connectivity index (χ2v) is 16.9. The van der Waals surface area contributed by atoms with Crippen molar-refractivity contribution in [3.05, 3.63) is 149 Å². The van der Waals surface area contributed by atoms with Crippen molar-refractivity contribution >= 4 is 48.8 Å². The molecule has 2 aliphatic rings. The molecule has 7 heteroatoms. The van der Waals surface area contributed by atoms with E-state index in [9.17, 15) is 19.2 Å². The first kappa shape index (κ1) is 37.2. The highest BCUT2D eigenvalue weighted by molar-refractivity contribution is 6.22. The van der Waals surface area contributed by atoms with Crippen LogP contribution < -0.4 is 27.1 Å². The summed E-state index contributed by atoms with van der Waals surface area (Å²) in [6, 6.07) is 28.0. The Kier molecular flexibility index (Phi) is 9.23. The standard InChI is InChI=1S/C52H49N3O4/c1-4-5-6-7-8-13-28-54-49(56)41-29-43-44(30-42(41)50(54)57)52(59)55(51(43)58)34-24-22-33(23-25-34)46-37-16-9-11-18-39(37)47(40-19-12-10-17-38(40)46)45-31(2)35-20-14-26-53-27-15-21-36(32(45)3)48(35)53/h9-12,16-19,22-25,29-30H,4-8,13-15,20-21,26-28H2,1-3H3. The summed E-state index contributed by atoms with van der Waals surface area (Å²) in [5.74, 6) is 0. The van der Waals surface area contributed by atoms with E-state index in [1.165, 1.54) is 90.4 Å². The number of rotatable bonds is 10. The van der Waals surface area contributed by atoms with E-state index in [1.54, 1.807) is 0 Å². The lowest BCUT2D eigenvalue weighted by atomic mass is 9.78. The summed E-state index contributed by atoms with van der Waals surface area (Å²) in [7, 11) is 0. The van der Waals surface area contributed by atoms with Gasteiger partial charge in [-0.3, -0.25) is 23.7 Å². The fourth-order valence-corrected chi connectivity index (χ4v) is 10.7. The van der Waals surface area contributed by atoms with Gasteiger partial charge < -0.3 is 4.90 Å². The van der Waals surface area contributed by atoms with E-state index in [0.29, 0.717) is 12.2 Å². The predicted octanol–water partition coefficient (Wildman–Crippen LogP) is 10.2. The number of benzene rings is 6. The maximum Gasteiger partial charge on any atom is 0.266 e. The molecule has 0 amide bonds. The average Bonchev–Trinajstić information content (AvgIpc) is 3.65. The van der Waals surface area contributed by atoms with Gasteiger partial charge in [0.25, 0.3) is 22.2 Å². The zero-order valence-electron chi connectivity index (χ0n) is 34.2. The van der Waals surface area contributed by atoms with Gasteiger partial charge in [0.15, 0.2) is 0 Å². The van der Waals surface area contributed by atoms with Crippen molar-refractivity contribution in [3.8, 4) is 27.9 Å². The normalized spacial score (nSPS) is 14.0.